The molecule has 384 valence electrons. The monoisotopic (exact) mass is 1020 g/mol. The van der Waals surface area contributed by atoms with Gasteiger partial charge in [0, 0.05) is 60.0 Å². The fraction of sp³-hybridized carbons (Fsp3) is 0.258. The average molecular weight is 1020 g/mol. The Bertz CT molecular complexity index is 3450. The van der Waals surface area contributed by atoms with Crippen LogP contribution in [0.15, 0.2) is 130 Å². The van der Waals surface area contributed by atoms with Crippen molar-refractivity contribution in [2.75, 3.05) is 14.1 Å². The van der Waals surface area contributed by atoms with Gasteiger partial charge in [0.05, 0.1) is 24.0 Å². The molecular formula is C62H53F2N3O9. The van der Waals surface area contributed by atoms with Crippen LogP contribution in [-0.4, -0.2) is 54.5 Å². The number of nitrogens with one attached hydrogen (secondary N) is 2. The van der Waals surface area contributed by atoms with Crippen LogP contribution in [-0.2, 0) is 22.4 Å². The first-order valence-corrected chi connectivity index (χ1v) is 25.4. The van der Waals surface area contributed by atoms with Crippen LogP contribution in [0.3, 0.4) is 0 Å². The number of ketones is 2. The minimum Gasteiger partial charge on any atom is -0.481 e. The summed E-state index contributed by atoms with van der Waals surface area (Å²) >= 11 is 0. The zero-order chi connectivity index (χ0) is 53.2. The van der Waals surface area contributed by atoms with Crippen LogP contribution >= 0.6 is 0 Å². The van der Waals surface area contributed by atoms with E-state index in [4.69, 9.17) is 14.6 Å². The predicted molar refractivity (Wildman–Crippen MR) is 283 cm³/mol. The number of Topliss-reactive ketones (excluding diaryl/α,β-unsaturated/α-hetero) is 2. The molecular weight excluding hydrogens is 969 g/mol. The molecule has 5 N–H and O–H groups in total. The number of halogens is 2. The Kier molecular flexibility index (Phi) is 12.6. The third-order valence-corrected chi connectivity index (χ3v) is 16.0. The fourth-order valence-corrected chi connectivity index (χ4v) is 12.2. The van der Waals surface area contributed by atoms with Crippen LogP contribution in [0.4, 0.5) is 8.78 Å². The number of hydrogen-bond donors (Lipinski definition) is 4. The quantitative estimate of drug-likeness (QED) is 0.0680. The van der Waals surface area contributed by atoms with Gasteiger partial charge in [0.1, 0.15) is 34.3 Å². The fourth-order valence-electron chi connectivity index (χ4n) is 12.2. The van der Waals surface area contributed by atoms with E-state index in [0.717, 1.165) is 55.9 Å². The number of aliphatic carboxylic acids is 1. The molecule has 12 nitrogen and oxygen atoms in total. The molecule has 4 bridgehead atoms. The molecule has 3 amide bonds. The minimum atomic E-state index is -1.02. The van der Waals surface area contributed by atoms with Gasteiger partial charge in [-0.25, -0.2) is 8.78 Å². The van der Waals surface area contributed by atoms with Crippen LogP contribution in [0.25, 0.3) is 66.8 Å². The Hall–Kier alpha value is -8.52. The summed E-state index contributed by atoms with van der Waals surface area (Å²) < 4.78 is 39.3. The van der Waals surface area contributed by atoms with Gasteiger partial charge in [0.25, 0.3) is 11.8 Å². The van der Waals surface area contributed by atoms with Crippen molar-refractivity contribution in [3.8, 4) is 44.9 Å². The van der Waals surface area contributed by atoms with Gasteiger partial charge in [-0.15, -0.1) is 0 Å². The zero-order valence-corrected chi connectivity index (χ0v) is 41.8. The average Bonchev–Trinajstić information content (AvgIpc) is 4.05. The number of carboxylic acid groups (broad SMARTS) is 1. The molecule has 0 unspecified atom stereocenters. The number of furan rings is 2. The van der Waals surface area contributed by atoms with Crippen molar-refractivity contribution >= 4 is 57.2 Å². The Morgan fingerprint density at radius 2 is 0.947 bits per heavy atom. The number of hydrogen-bond acceptors (Lipinski definition) is 8. The van der Waals surface area contributed by atoms with Crippen molar-refractivity contribution in [2.24, 2.45) is 28.4 Å². The van der Waals surface area contributed by atoms with Gasteiger partial charge in [-0.1, -0.05) is 36.4 Å². The molecule has 14 heteroatoms. The number of carbonyl (C=O) groups is 6. The van der Waals surface area contributed by atoms with Crippen molar-refractivity contribution in [1.82, 2.24) is 10.6 Å². The molecule has 0 saturated heterocycles. The maximum absolute atomic E-state index is 13.6. The molecule has 6 aromatic carbocycles. The van der Waals surface area contributed by atoms with Crippen molar-refractivity contribution < 1.29 is 51.5 Å². The topological polar surface area (TPSA) is 199 Å². The number of carbonyl (C=O) groups excluding carboxylic acids is 5. The van der Waals surface area contributed by atoms with Gasteiger partial charge in [-0.05, 0) is 180 Å². The number of carboxylic acids is 1. The van der Waals surface area contributed by atoms with Gasteiger partial charge in [-0.2, -0.15) is 0 Å². The molecule has 2 aromatic heterocycles. The molecule has 0 aliphatic heterocycles. The standard InChI is InChI=1S/C31H27FN2O4.C31H26FNO5/c1-34-30(37)28-24-12-23(19-3-2-4-20(9-19)25(35)16-31-13-17(14-31)15-31)21(11-27(33)36)10-26(24)38-29(28)18-5-7-22(32)8-6-18;1-33-30(37)28-24-12-23(19-3-2-4-20(9-19)25(34)16-31-13-17(14-31)15-31)21(11-27(35)36)10-26(24)38-29(28)18-5-7-22(32)8-6-18/h2-10,12,17H,11,13-16H2,1H3,(H2,33,36)(H,34,37);2-10,12,17H,11,13-16H2,1H3,(H,33,37)(H,35,36). The van der Waals surface area contributed by atoms with Gasteiger partial charge in [0.15, 0.2) is 11.6 Å². The number of amides is 3. The number of fused-ring (bicyclic) bond motifs is 2. The lowest BCUT2D eigenvalue weighted by atomic mass is 9.43. The first-order valence-electron chi connectivity index (χ1n) is 25.4. The molecule has 6 fully saturated rings. The zero-order valence-electron chi connectivity index (χ0n) is 41.8. The van der Waals surface area contributed by atoms with Crippen LogP contribution in [0, 0.1) is 34.3 Å². The lowest BCUT2D eigenvalue weighted by molar-refractivity contribution is -0.136. The summed E-state index contributed by atoms with van der Waals surface area (Å²) in [4.78, 5) is 76.0. The van der Waals surface area contributed by atoms with Crippen molar-refractivity contribution in [1.29, 1.82) is 0 Å². The van der Waals surface area contributed by atoms with Crippen LogP contribution in [0.2, 0.25) is 0 Å². The third kappa shape index (κ3) is 9.26. The van der Waals surface area contributed by atoms with Crippen LogP contribution < -0.4 is 16.4 Å². The predicted octanol–water partition coefficient (Wildman–Crippen LogP) is 11.9. The van der Waals surface area contributed by atoms with E-state index >= 15 is 0 Å². The van der Waals surface area contributed by atoms with Crippen molar-refractivity contribution in [3.63, 3.8) is 0 Å². The van der Waals surface area contributed by atoms with Crippen LogP contribution in [0.5, 0.6) is 0 Å². The third-order valence-electron chi connectivity index (χ3n) is 16.0. The Morgan fingerprint density at radius 3 is 1.29 bits per heavy atom. The maximum atomic E-state index is 13.6. The molecule has 8 aromatic rings. The van der Waals surface area contributed by atoms with Gasteiger partial charge in [0.2, 0.25) is 5.91 Å². The van der Waals surface area contributed by atoms with E-state index in [1.165, 1.54) is 50.5 Å². The summed E-state index contributed by atoms with van der Waals surface area (Å²) in [5.41, 5.74) is 13.4. The first kappa shape index (κ1) is 49.7. The van der Waals surface area contributed by atoms with E-state index in [9.17, 15) is 42.7 Å². The summed E-state index contributed by atoms with van der Waals surface area (Å²) in [6, 6.07) is 32.9. The molecule has 6 aliphatic carbocycles. The van der Waals surface area contributed by atoms with Gasteiger partial charge in [-0.3, -0.25) is 28.8 Å². The minimum absolute atomic E-state index is 0.0458. The highest BCUT2D eigenvalue weighted by atomic mass is 19.1. The number of benzene rings is 6. The van der Waals surface area contributed by atoms with E-state index in [2.05, 4.69) is 10.6 Å². The second-order valence-corrected chi connectivity index (χ2v) is 21.3. The second kappa shape index (κ2) is 19.3. The Morgan fingerprint density at radius 1 is 0.553 bits per heavy atom. The molecule has 0 spiro atoms. The lowest BCUT2D eigenvalue weighted by Crippen LogP contribution is -2.52. The van der Waals surface area contributed by atoms with E-state index in [1.54, 1.807) is 54.6 Å². The number of nitrogens with two attached hydrogens (primary N) is 1. The van der Waals surface area contributed by atoms with E-state index in [-0.39, 0.29) is 58.4 Å². The summed E-state index contributed by atoms with van der Waals surface area (Å²) in [5.74, 6) is -0.719. The van der Waals surface area contributed by atoms with Gasteiger partial charge < -0.3 is 30.3 Å². The lowest BCUT2D eigenvalue weighted by Gasteiger charge is -2.62. The van der Waals surface area contributed by atoms with Crippen molar-refractivity contribution in [2.45, 2.75) is 64.2 Å². The van der Waals surface area contributed by atoms with E-state index in [0.29, 0.717) is 96.2 Å². The van der Waals surface area contributed by atoms with Crippen molar-refractivity contribution in [3.05, 3.63) is 166 Å². The molecule has 6 aliphatic rings. The molecule has 76 heavy (non-hydrogen) atoms. The molecule has 0 atom stereocenters. The smallest absolute Gasteiger partial charge is 0.307 e. The summed E-state index contributed by atoms with van der Waals surface area (Å²) in [6.45, 7) is 0. The number of rotatable bonds is 16. The molecule has 0 radical (unpaired) electrons. The van der Waals surface area contributed by atoms with Crippen LogP contribution in [0.1, 0.15) is 104 Å². The highest BCUT2D eigenvalue weighted by Gasteiger charge is 2.57. The van der Waals surface area contributed by atoms with E-state index in [1.807, 2.05) is 30.3 Å². The van der Waals surface area contributed by atoms with E-state index < -0.39 is 23.5 Å². The summed E-state index contributed by atoms with van der Waals surface area (Å²) in [6.07, 6.45) is 7.64. The number of primary amides is 1. The normalized spacial score (nSPS) is 19.5. The molecule has 14 rings (SSSR count). The highest BCUT2D eigenvalue weighted by Crippen LogP contribution is 2.67. The molecule has 6 saturated carbocycles. The Balaban J connectivity index is 0.000000162. The SMILES string of the molecule is CNC(=O)c1c(-c2ccc(F)cc2)oc2cc(CC(=O)O)c(-c3cccc(C(=O)CC45CC(C4)C5)c3)cc12.CNC(=O)c1c(-c2ccc(F)cc2)oc2cc(CC(N)=O)c(-c3cccc(C(=O)CC45CC(C4)C5)c3)cc12. The second-order valence-electron chi connectivity index (χ2n) is 21.3. The first-order chi connectivity index (χ1) is 36.5. The largest absolute Gasteiger partial charge is 0.481 e. The summed E-state index contributed by atoms with van der Waals surface area (Å²) in [7, 11) is 3.04. The Labute approximate surface area is 435 Å². The summed E-state index contributed by atoms with van der Waals surface area (Å²) in [5, 5.41) is 16.0. The molecule has 2 heterocycles. The maximum Gasteiger partial charge on any atom is 0.307 e. The highest BCUT2D eigenvalue weighted by molar-refractivity contribution is 6.13. The van der Waals surface area contributed by atoms with Gasteiger partial charge >= 0.3 is 5.97 Å².